The topological polar surface area (TPSA) is 73.9 Å². The standard InChI is InChI=1S/C19H21NO5/c1-3-4-13-24-18(21)14-5-9-17(10-6-14)25-19(22)20-15-7-11-16(23-2)12-8-15/h5-12H,3-4,13H2,1-2H3,(H,20,22). The molecule has 6 nitrogen and oxygen atoms in total. The molecule has 0 aromatic heterocycles. The Morgan fingerprint density at radius 1 is 0.960 bits per heavy atom. The quantitative estimate of drug-likeness (QED) is 0.600. The highest BCUT2D eigenvalue weighted by molar-refractivity contribution is 5.90. The fraction of sp³-hybridized carbons (Fsp3) is 0.263. The molecule has 0 aliphatic heterocycles. The van der Waals surface area contributed by atoms with Crippen molar-refractivity contribution in [3.8, 4) is 11.5 Å². The minimum Gasteiger partial charge on any atom is -0.497 e. The highest BCUT2D eigenvalue weighted by Gasteiger charge is 2.09. The predicted octanol–water partition coefficient (Wildman–Crippen LogP) is 4.26. The largest absolute Gasteiger partial charge is 0.497 e. The maximum Gasteiger partial charge on any atom is 0.417 e. The maximum atomic E-state index is 11.9. The Kier molecular flexibility index (Phi) is 6.83. The second-order valence-corrected chi connectivity index (χ2v) is 5.26. The maximum absolute atomic E-state index is 11.9. The molecule has 0 unspecified atom stereocenters. The lowest BCUT2D eigenvalue weighted by Crippen LogP contribution is -2.16. The van der Waals surface area contributed by atoms with Crippen molar-refractivity contribution < 1.29 is 23.8 Å². The zero-order valence-electron chi connectivity index (χ0n) is 14.3. The minimum atomic E-state index is -0.622. The highest BCUT2D eigenvalue weighted by atomic mass is 16.6. The molecule has 2 aromatic rings. The summed E-state index contributed by atoms with van der Waals surface area (Å²) >= 11 is 0. The first-order valence-electron chi connectivity index (χ1n) is 8.02. The predicted molar refractivity (Wildman–Crippen MR) is 94.3 cm³/mol. The van der Waals surface area contributed by atoms with Crippen LogP contribution in [0.15, 0.2) is 48.5 Å². The fourth-order valence-corrected chi connectivity index (χ4v) is 1.98. The number of anilines is 1. The second kappa shape index (κ2) is 9.32. The molecule has 0 atom stereocenters. The zero-order valence-corrected chi connectivity index (χ0v) is 14.3. The van der Waals surface area contributed by atoms with Crippen LogP contribution in [0, 0.1) is 0 Å². The molecule has 0 saturated heterocycles. The lowest BCUT2D eigenvalue weighted by atomic mass is 10.2. The molecular weight excluding hydrogens is 322 g/mol. The molecule has 0 heterocycles. The van der Waals surface area contributed by atoms with E-state index in [1.807, 2.05) is 6.92 Å². The number of methoxy groups -OCH3 is 1. The monoisotopic (exact) mass is 343 g/mol. The van der Waals surface area contributed by atoms with Crippen molar-refractivity contribution >= 4 is 17.7 Å². The molecule has 2 aromatic carbocycles. The van der Waals surface area contributed by atoms with Crippen molar-refractivity contribution in [3.05, 3.63) is 54.1 Å². The molecular formula is C19H21NO5. The molecule has 0 aliphatic rings. The van der Waals surface area contributed by atoms with E-state index in [2.05, 4.69) is 5.32 Å². The summed E-state index contributed by atoms with van der Waals surface area (Å²) in [4.78, 5) is 23.7. The van der Waals surface area contributed by atoms with Gasteiger partial charge in [-0.05, 0) is 55.0 Å². The van der Waals surface area contributed by atoms with Crippen LogP contribution in [0.1, 0.15) is 30.1 Å². The first-order valence-corrected chi connectivity index (χ1v) is 8.02. The Morgan fingerprint density at radius 3 is 2.20 bits per heavy atom. The van der Waals surface area contributed by atoms with E-state index in [1.165, 1.54) is 0 Å². The van der Waals surface area contributed by atoms with E-state index >= 15 is 0 Å². The van der Waals surface area contributed by atoms with Crippen molar-refractivity contribution in [2.24, 2.45) is 0 Å². The smallest absolute Gasteiger partial charge is 0.417 e. The van der Waals surface area contributed by atoms with Crippen LogP contribution in [-0.4, -0.2) is 25.8 Å². The van der Waals surface area contributed by atoms with Gasteiger partial charge in [-0.1, -0.05) is 13.3 Å². The van der Waals surface area contributed by atoms with Crippen molar-refractivity contribution in [1.82, 2.24) is 0 Å². The van der Waals surface area contributed by atoms with E-state index in [0.717, 1.165) is 12.8 Å². The van der Waals surface area contributed by atoms with Crippen LogP contribution in [0.5, 0.6) is 11.5 Å². The highest BCUT2D eigenvalue weighted by Crippen LogP contribution is 2.17. The zero-order chi connectivity index (χ0) is 18.1. The molecule has 1 N–H and O–H groups in total. The summed E-state index contributed by atoms with van der Waals surface area (Å²) in [5.74, 6) is 0.638. The molecule has 1 amide bonds. The number of amides is 1. The third kappa shape index (κ3) is 5.84. The number of nitrogens with one attached hydrogen (secondary N) is 1. The van der Waals surface area contributed by atoms with Gasteiger partial charge in [0.15, 0.2) is 0 Å². The normalized spacial score (nSPS) is 10.0. The van der Waals surface area contributed by atoms with Crippen LogP contribution in [0.4, 0.5) is 10.5 Å². The number of hydrogen-bond donors (Lipinski definition) is 1. The third-order valence-electron chi connectivity index (χ3n) is 3.37. The van der Waals surface area contributed by atoms with Crippen molar-refractivity contribution in [1.29, 1.82) is 0 Å². The van der Waals surface area contributed by atoms with Crippen molar-refractivity contribution in [2.75, 3.05) is 19.0 Å². The molecule has 0 fully saturated rings. The van der Waals surface area contributed by atoms with Crippen molar-refractivity contribution in [3.63, 3.8) is 0 Å². The number of carbonyl (C=O) groups excluding carboxylic acids is 2. The molecule has 6 heteroatoms. The average Bonchev–Trinajstić information content (AvgIpc) is 2.63. The number of carbonyl (C=O) groups is 2. The van der Waals surface area contributed by atoms with Gasteiger partial charge in [-0.15, -0.1) is 0 Å². The summed E-state index contributed by atoms with van der Waals surface area (Å²) in [5, 5.41) is 2.61. The lowest BCUT2D eigenvalue weighted by molar-refractivity contribution is 0.0499. The molecule has 0 radical (unpaired) electrons. The lowest BCUT2D eigenvalue weighted by Gasteiger charge is -2.08. The van der Waals surface area contributed by atoms with Gasteiger partial charge in [0.05, 0.1) is 19.3 Å². The van der Waals surface area contributed by atoms with Crippen LogP contribution in [0.25, 0.3) is 0 Å². The Balaban J connectivity index is 1.87. The molecule has 0 bridgehead atoms. The first kappa shape index (κ1) is 18.3. The third-order valence-corrected chi connectivity index (χ3v) is 3.37. The number of benzene rings is 2. The molecule has 2 rings (SSSR count). The van der Waals surface area contributed by atoms with Gasteiger partial charge in [0.1, 0.15) is 11.5 Å². The second-order valence-electron chi connectivity index (χ2n) is 5.26. The van der Waals surface area contributed by atoms with Crippen LogP contribution in [-0.2, 0) is 4.74 Å². The summed E-state index contributed by atoms with van der Waals surface area (Å²) in [7, 11) is 1.57. The minimum absolute atomic E-state index is 0.330. The van der Waals surface area contributed by atoms with E-state index < -0.39 is 6.09 Å². The molecule has 0 spiro atoms. The fourth-order valence-electron chi connectivity index (χ4n) is 1.98. The van der Waals surface area contributed by atoms with Crippen LogP contribution < -0.4 is 14.8 Å². The number of ether oxygens (including phenoxy) is 3. The first-order chi connectivity index (χ1) is 12.1. The van der Waals surface area contributed by atoms with Crippen LogP contribution in [0.3, 0.4) is 0 Å². The van der Waals surface area contributed by atoms with Gasteiger partial charge in [-0.3, -0.25) is 5.32 Å². The summed E-state index contributed by atoms with van der Waals surface area (Å²) in [6.07, 6.45) is 1.17. The van der Waals surface area contributed by atoms with E-state index in [0.29, 0.717) is 29.4 Å². The average molecular weight is 343 g/mol. The number of hydrogen-bond acceptors (Lipinski definition) is 5. The molecule has 25 heavy (non-hydrogen) atoms. The number of rotatable bonds is 7. The van der Waals surface area contributed by atoms with Crippen LogP contribution >= 0.6 is 0 Å². The number of esters is 1. The summed E-state index contributed by atoms with van der Waals surface area (Å²) < 4.78 is 15.3. The van der Waals surface area contributed by atoms with E-state index in [9.17, 15) is 9.59 Å². The van der Waals surface area contributed by atoms with E-state index in [4.69, 9.17) is 14.2 Å². The molecule has 0 saturated carbocycles. The van der Waals surface area contributed by atoms with Gasteiger partial charge < -0.3 is 14.2 Å². The van der Waals surface area contributed by atoms with E-state index in [-0.39, 0.29) is 5.97 Å². The van der Waals surface area contributed by atoms with Crippen molar-refractivity contribution in [2.45, 2.75) is 19.8 Å². The van der Waals surface area contributed by atoms with Gasteiger partial charge >= 0.3 is 12.1 Å². The Morgan fingerprint density at radius 2 is 1.60 bits per heavy atom. The number of unbranched alkanes of at least 4 members (excludes halogenated alkanes) is 1. The van der Waals surface area contributed by atoms with Gasteiger partial charge in [-0.2, -0.15) is 0 Å². The van der Waals surface area contributed by atoms with Gasteiger partial charge in [0.25, 0.3) is 0 Å². The summed E-state index contributed by atoms with van der Waals surface area (Å²) in [6.45, 7) is 2.43. The summed E-state index contributed by atoms with van der Waals surface area (Å²) in [5.41, 5.74) is 1.00. The Bertz CT molecular complexity index is 695. The van der Waals surface area contributed by atoms with Gasteiger partial charge in [0.2, 0.25) is 0 Å². The summed E-state index contributed by atoms with van der Waals surface area (Å²) in [6, 6.07) is 13.1. The van der Waals surface area contributed by atoms with Crippen LogP contribution in [0.2, 0.25) is 0 Å². The Labute approximate surface area is 146 Å². The SMILES string of the molecule is CCCCOC(=O)c1ccc(OC(=O)Nc2ccc(OC)cc2)cc1. The molecule has 0 aliphatic carbocycles. The molecule has 132 valence electrons. The van der Waals surface area contributed by atoms with Gasteiger partial charge in [0, 0.05) is 5.69 Å². The van der Waals surface area contributed by atoms with E-state index in [1.54, 1.807) is 55.6 Å². The van der Waals surface area contributed by atoms with Gasteiger partial charge in [-0.25, -0.2) is 9.59 Å². The Hall–Kier alpha value is -3.02.